The first-order valence-corrected chi connectivity index (χ1v) is 8.51. The van der Waals surface area contributed by atoms with Crippen LogP contribution in [0.25, 0.3) is 0 Å². The zero-order valence-corrected chi connectivity index (χ0v) is 15.3. The molecule has 1 aliphatic heterocycles. The number of ether oxygens (including phenoxy) is 2. The third kappa shape index (κ3) is 5.09. The van der Waals surface area contributed by atoms with Gasteiger partial charge in [0.25, 0.3) is 0 Å². The summed E-state index contributed by atoms with van der Waals surface area (Å²) >= 11 is 0. The molecule has 2 N–H and O–H groups in total. The van der Waals surface area contributed by atoms with E-state index < -0.39 is 6.03 Å². The van der Waals surface area contributed by atoms with Crippen LogP contribution in [-0.2, 0) is 4.79 Å². The molecule has 1 saturated heterocycles. The van der Waals surface area contributed by atoms with Crippen molar-refractivity contribution in [2.45, 2.75) is 38.8 Å². The van der Waals surface area contributed by atoms with Gasteiger partial charge in [-0.3, -0.25) is 15.0 Å². The molecule has 1 heterocycles. The van der Waals surface area contributed by atoms with Gasteiger partial charge in [-0.25, -0.2) is 4.79 Å². The predicted octanol–water partition coefficient (Wildman–Crippen LogP) is 2.07. The number of nitrogens with one attached hydrogen (secondary N) is 2. The number of amides is 3. The highest BCUT2D eigenvalue weighted by atomic mass is 16.5. The number of rotatable bonds is 6. The molecule has 25 heavy (non-hydrogen) atoms. The summed E-state index contributed by atoms with van der Waals surface area (Å²) in [7, 11) is 3.24. The molecule has 1 aromatic carbocycles. The van der Waals surface area contributed by atoms with Crippen LogP contribution in [0.3, 0.4) is 0 Å². The first-order valence-electron chi connectivity index (χ1n) is 8.51. The number of likely N-dealkylation sites (tertiary alicyclic amines) is 1. The van der Waals surface area contributed by atoms with Crippen molar-refractivity contribution in [2.75, 3.05) is 27.3 Å². The third-order valence-corrected chi connectivity index (χ3v) is 4.18. The molecule has 7 heteroatoms. The number of urea groups is 1. The SMILES string of the molecule is COc1ccc([C@H]2CCCN2CC(=O)NC(=O)NC(C)C)c(OC)c1. The number of hydrogen-bond acceptors (Lipinski definition) is 5. The Hall–Kier alpha value is -2.28. The molecule has 138 valence electrons. The first kappa shape index (κ1) is 19.1. The maximum atomic E-state index is 12.2. The highest BCUT2D eigenvalue weighted by Gasteiger charge is 2.30. The highest BCUT2D eigenvalue weighted by molar-refractivity contribution is 5.95. The predicted molar refractivity (Wildman–Crippen MR) is 94.9 cm³/mol. The molecule has 0 unspecified atom stereocenters. The van der Waals surface area contributed by atoms with Gasteiger partial charge in [0.1, 0.15) is 11.5 Å². The second kappa shape index (κ2) is 8.71. The standard InChI is InChI=1S/C18H27N3O4/c1-12(2)19-18(23)20-17(22)11-21-9-5-6-15(21)14-8-7-13(24-3)10-16(14)25-4/h7-8,10,12,15H,5-6,9,11H2,1-4H3,(H2,19,20,22,23)/t15-/m1/s1. The topological polar surface area (TPSA) is 79.9 Å². The zero-order chi connectivity index (χ0) is 18.4. The molecule has 0 bridgehead atoms. The molecule has 0 spiro atoms. The van der Waals surface area contributed by atoms with Crippen molar-refractivity contribution in [1.29, 1.82) is 0 Å². The molecule has 0 aromatic heterocycles. The lowest BCUT2D eigenvalue weighted by molar-refractivity contribution is -0.121. The fourth-order valence-corrected chi connectivity index (χ4v) is 3.11. The van der Waals surface area contributed by atoms with Gasteiger partial charge in [0.2, 0.25) is 5.91 Å². The van der Waals surface area contributed by atoms with Gasteiger partial charge in [-0.15, -0.1) is 0 Å². The minimum absolute atomic E-state index is 0.0177. The zero-order valence-electron chi connectivity index (χ0n) is 15.3. The van der Waals surface area contributed by atoms with Crippen molar-refractivity contribution in [1.82, 2.24) is 15.5 Å². The van der Waals surface area contributed by atoms with E-state index in [0.717, 1.165) is 36.4 Å². The molecule has 7 nitrogen and oxygen atoms in total. The molecular formula is C18H27N3O4. The van der Waals surface area contributed by atoms with Crippen LogP contribution in [0.15, 0.2) is 18.2 Å². The fourth-order valence-electron chi connectivity index (χ4n) is 3.11. The third-order valence-electron chi connectivity index (χ3n) is 4.18. The molecule has 0 saturated carbocycles. The Morgan fingerprint density at radius 2 is 2.04 bits per heavy atom. The molecule has 0 aliphatic carbocycles. The largest absolute Gasteiger partial charge is 0.497 e. The van der Waals surface area contributed by atoms with Gasteiger partial charge in [0, 0.05) is 23.7 Å². The van der Waals surface area contributed by atoms with E-state index in [-0.39, 0.29) is 24.5 Å². The summed E-state index contributed by atoms with van der Waals surface area (Å²) in [5.74, 6) is 1.17. The summed E-state index contributed by atoms with van der Waals surface area (Å²) in [6.45, 7) is 4.66. The Kier molecular flexibility index (Phi) is 6.64. The second-order valence-corrected chi connectivity index (χ2v) is 6.41. The van der Waals surface area contributed by atoms with Gasteiger partial charge in [0.15, 0.2) is 0 Å². The Morgan fingerprint density at radius 1 is 1.28 bits per heavy atom. The smallest absolute Gasteiger partial charge is 0.321 e. The van der Waals surface area contributed by atoms with E-state index in [4.69, 9.17) is 9.47 Å². The van der Waals surface area contributed by atoms with E-state index in [1.165, 1.54) is 0 Å². The number of carbonyl (C=O) groups is 2. The summed E-state index contributed by atoms with van der Waals surface area (Å²) in [5.41, 5.74) is 1.03. The van der Waals surface area contributed by atoms with E-state index in [1.54, 1.807) is 14.2 Å². The molecule has 1 aromatic rings. The van der Waals surface area contributed by atoms with E-state index in [0.29, 0.717) is 0 Å². The number of carbonyl (C=O) groups excluding carboxylic acids is 2. The van der Waals surface area contributed by atoms with Crippen molar-refractivity contribution >= 4 is 11.9 Å². The normalized spacial score (nSPS) is 17.4. The lowest BCUT2D eigenvalue weighted by Crippen LogP contribution is -2.46. The van der Waals surface area contributed by atoms with Crippen LogP contribution >= 0.6 is 0 Å². The minimum atomic E-state index is -0.460. The van der Waals surface area contributed by atoms with Crippen molar-refractivity contribution in [3.63, 3.8) is 0 Å². The molecule has 1 fully saturated rings. The molecular weight excluding hydrogens is 322 g/mol. The first-order chi connectivity index (χ1) is 11.9. The average Bonchev–Trinajstić information content (AvgIpc) is 3.00. The number of benzene rings is 1. The summed E-state index contributed by atoms with van der Waals surface area (Å²) in [5, 5.41) is 5.02. The number of imide groups is 1. The molecule has 1 aliphatic rings. The van der Waals surface area contributed by atoms with Gasteiger partial charge >= 0.3 is 6.03 Å². The number of methoxy groups -OCH3 is 2. The average molecular weight is 349 g/mol. The summed E-state index contributed by atoms with van der Waals surface area (Å²) in [6, 6.07) is 5.32. The Balaban J connectivity index is 2.05. The Bertz CT molecular complexity index is 618. The van der Waals surface area contributed by atoms with E-state index in [2.05, 4.69) is 15.5 Å². The van der Waals surface area contributed by atoms with Gasteiger partial charge in [0.05, 0.1) is 20.8 Å². The fraction of sp³-hybridized carbons (Fsp3) is 0.556. The maximum absolute atomic E-state index is 12.2. The van der Waals surface area contributed by atoms with Crippen LogP contribution in [0.4, 0.5) is 4.79 Å². The van der Waals surface area contributed by atoms with Gasteiger partial charge in [-0.05, 0) is 39.3 Å². The summed E-state index contributed by atoms with van der Waals surface area (Å²) in [6.07, 6.45) is 1.93. The Morgan fingerprint density at radius 3 is 2.68 bits per heavy atom. The lowest BCUT2D eigenvalue weighted by Gasteiger charge is -2.25. The van der Waals surface area contributed by atoms with Crippen molar-refractivity contribution < 1.29 is 19.1 Å². The minimum Gasteiger partial charge on any atom is -0.497 e. The Labute approximate surface area is 148 Å². The van der Waals surface area contributed by atoms with Crippen molar-refractivity contribution in [3.05, 3.63) is 23.8 Å². The van der Waals surface area contributed by atoms with Gasteiger partial charge in [-0.1, -0.05) is 6.07 Å². The van der Waals surface area contributed by atoms with Crippen LogP contribution in [0, 0.1) is 0 Å². The van der Waals surface area contributed by atoms with Gasteiger partial charge in [-0.2, -0.15) is 0 Å². The molecule has 1 atom stereocenters. The van der Waals surface area contributed by atoms with E-state index in [1.807, 2.05) is 32.0 Å². The van der Waals surface area contributed by atoms with E-state index >= 15 is 0 Å². The van der Waals surface area contributed by atoms with Crippen molar-refractivity contribution in [3.8, 4) is 11.5 Å². The number of hydrogen-bond donors (Lipinski definition) is 2. The van der Waals surface area contributed by atoms with Crippen molar-refractivity contribution in [2.24, 2.45) is 0 Å². The summed E-state index contributed by atoms with van der Waals surface area (Å²) < 4.78 is 10.7. The quantitative estimate of drug-likeness (QED) is 0.822. The maximum Gasteiger partial charge on any atom is 0.321 e. The monoisotopic (exact) mass is 349 g/mol. The highest BCUT2D eigenvalue weighted by Crippen LogP contribution is 2.38. The summed E-state index contributed by atoms with van der Waals surface area (Å²) in [4.78, 5) is 25.9. The molecule has 3 amide bonds. The van der Waals surface area contributed by atoms with Gasteiger partial charge < -0.3 is 14.8 Å². The van der Waals surface area contributed by atoms with Crippen LogP contribution in [0.5, 0.6) is 11.5 Å². The van der Waals surface area contributed by atoms with Crippen LogP contribution < -0.4 is 20.1 Å². The number of nitrogens with zero attached hydrogens (tertiary/aromatic N) is 1. The molecule has 2 rings (SSSR count). The van der Waals surface area contributed by atoms with Crippen LogP contribution in [0.2, 0.25) is 0 Å². The molecule has 0 radical (unpaired) electrons. The second-order valence-electron chi connectivity index (χ2n) is 6.41. The van der Waals surface area contributed by atoms with Crippen LogP contribution in [0.1, 0.15) is 38.3 Å². The lowest BCUT2D eigenvalue weighted by atomic mass is 10.0. The van der Waals surface area contributed by atoms with E-state index in [9.17, 15) is 9.59 Å². The van der Waals surface area contributed by atoms with Crippen LogP contribution in [-0.4, -0.2) is 50.2 Å².